The Bertz CT molecular complexity index is 1170. The van der Waals surface area contributed by atoms with Crippen LogP contribution in [0.25, 0.3) is 11.1 Å². The van der Waals surface area contributed by atoms with E-state index in [0.29, 0.717) is 0 Å². The summed E-state index contributed by atoms with van der Waals surface area (Å²) in [4.78, 5) is 11.9. The maximum atomic E-state index is 14.8. The number of esters is 1. The zero-order chi connectivity index (χ0) is 27.3. The molecule has 2 aromatic rings. The molecule has 36 heavy (non-hydrogen) atoms. The van der Waals surface area contributed by atoms with Gasteiger partial charge in [0, 0.05) is 24.5 Å². The summed E-state index contributed by atoms with van der Waals surface area (Å²) in [7, 11) is -1.28. The number of carbonyl (C=O) groups excluding carboxylic acids is 1. The lowest BCUT2D eigenvalue weighted by Crippen LogP contribution is -2.45. The lowest BCUT2D eigenvalue weighted by Gasteiger charge is -2.28. The molecule has 7 nitrogen and oxygen atoms in total. The molecule has 0 saturated heterocycles. The number of carbonyl (C=O) groups is 1. The molecular formula is C24H29F4NO6S. The molecule has 200 valence electrons. The summed E-state index contributed by atoms with van der Waals surface area (Å²) in [6.45, 7) is 3.17. The Labute approximate surface area is 207 Å². The minimum atomic E-state index is -4.80. The number of hydrogen-bond donors (Lipinski definition) is 1. The number of halogens is 4. The Kier molecular flexibility index (Phi) is 9.86. The molecule has 12 heteroatoms. The fraction of sp³-hybridized carbons (Fsp3) is 0.458. The molecule has 2 rings (SSSR count). The number of alkyl halides is 3. The van der Waals surface area contributed by atoms with Gasteiger partial charge in [-0.25, -0.2) is 12.8 Å². The van der Waals surface area contributed by atoms with Crippen LogP contribution in [0.1, 0.15) is 31.9 Å². The van der Waals surface area contributed by atoms with Crippen molar-refractivity contribution < 1.29 is 45.0 Å². The van der Waals surface area contributed by atoms with Gasteiger partial charge in [-0.3, -0.25) is 10.1 Å². The number of sulfone groups is 1. The maximum absolute atomic E-state index is 14.8. The van der Waals surface area contributed by atoms with Gasteiger partial charge in [0.05, 0.1) is 12.0 Å². The molecule has 1 N–H and O–H groups in total. The first-order valence-corrected chi connectivity index (χ1v) is 12.7. The SMILES string of the molecule is COCOc1cc(C(N[C@@H](CC(C)C)C(=O)OC)C(F)(F)F)ccc1-c1ccc(S(C)(=O)=O)cc1F. The van der Waals surface area contributed by atoms with Gasteiger partial charge >= 0.3 is 12.1 Å². The van der Waals surface area contributed by atoms with E-state index < -0.39 is 39.9 Å². The molecule has 0 fully saturated rings. The van der Waals surface area contributed by atoms with Gasteiger partial charge in [-0.1, -0.05) is 32.0 Å². The van der Waals surface area contributed by atoms with Crippen LogP contribution in [0.5, 0.6) is 5.75 Å². The molecule has 2 atom stereocenters. The molecule has 0 saturated carbocycles. The third-order valence-electron chi connectivity index (χ3n) is 5.22. The monoisotopic (exact) mass is 535 g/mol. The topological polar surface area (TPSA) is 90.9 Å². The zero-order valence-corrected chi connectivity index (χ0v) is 21.3. The average Bonchev–Trinajstić information content (AvgIpc) is 2.78. The van der Waals surface area contributed by atoms with Gasteiger partial charge < -0.3 is 14.2 Å². The minimum Gasteiger partial charge on any atom is -0.468 e. The second-order valence-corrected chi connectivity index (χ2v) is 10.6. The van der Waals surface area contributed by atoms with E-state index in [1.807, 2.05) is 0 Å². The van der Waals surface area contributed by atoms with Gasteiger partial charge in [0.25, 0.3) is 0 Å². The molecule has 0 aliphatic heterocycles. The second-order valence-electron chi connectivity index (χ2n) is 8.57. The van der Waals surface area contributed by atoms with E-state index >= 15 is 0 Å². The Morgan fingerprint density at radius 3 is 2.19 bits per heavy atom. The molecule has 0 aliphatic carbocycles. The number of ether oxygens (including phenoxy) is 3. The fourth-order valence-electron chi connectivity index (χ4n) is 3.55. The molecular weight excluding hydrogens is 506 g/mol. The van der Waals surface area contributed by atoms with E-state index in [1.165, 1.54) is 25.3 Å². The summed E-state index contributed by atoms with van der Waals surface area (Å²) >= 11 is 0. The Morgan fingerprint density at radius 2 is 1.69 bits per heavy atom. The molecule has 1 unspecified atom stereocenters. The quantitative estimate of drug-likeness (QED) is 0.254. The van der Waals surface area contributed by atoms with Crippen LogP contribution in [-0.2, 0) is 24.1 Å². The molecule has 0 heterocycles. The first-order valence-electron chi connectivity index (χ1n) is 10.8. The van der Waals surface area contributed by atoms with Crippen LogP contribution in [0.4, 0.5) is 17.6 Å². The van der Waals surface area contributed by atoms with Crippen molar-refractivity contribution in [1.29, 1.82) is 0 Å². The van der Waals surface area contributed by atoms with E-state index in [2.05, 4.69) is 10.1 Å². The highest BCUT2D eigenvalue weighted by molar-refractivity contribution is 7.90. The summed E-state index contributed by atoms with van der Waals surface area (Å²) in [6, 6.07) is 3.16. The summed E-state index contributed by atoms with van der Waals surface area (Å²) in [6.07, 6.45) is -3.78. The Hall–Kier alpha value is -2.70. The second kappa shape index (κ2) is 12.0. The van der Waals surface area contributed by atoms with Crippen molar-refractivity contribution in [2.45, 2.75) is 43.4 Å². The Morgan fingerprint density at radius 1 is 1.06 bits per heavy atom. The first kappa shape index (κ1) is 29.5. The fourth-order valence-corrected chi connectivity index (χ4v) is 4.19. The largest absolute Gasteiger partial charge is 0.468 e. The van der Waals surface area contributed by atoms with E-state index in [0.717, 1.165) is 31.6 Å². The summed E-state index contributed by atoms with van der Waals surface area (Å²) in [5.74, 6) is -1.97. The van der Waals surface area contributed by atoms with Crippen molar-refractivity contribution >= 4 is 15.8 Å². The molecule has 0 radical (unpaired) electrons. The van der Waals surface area contributed by atoms with Gasteiger partial charge in [0.2, 0.25) is 0 Å². The maximum Gasteiger partial charge on any atom is 0.407 e. The van der Waals surface area contributed by atoms with Crippen LogP contribution in [0.2, 0.25) is 0 Å². The van der Waals surface area contributed by atoms with Crippen molar-refractivity contribution in [3.05, 3.63) is 47.8 Å². The summed E-state index contributed by atoms with van der Waals surface area (Å²) in [5.41, 5.74) is -0.284. The predicted molar refractivity (Wildman–Crippen MR) is 125 cm³/mol. The predicted octanol–water partition coefficient (Wildman–Crippen LogP) is 4.66. The van der Waals surface area contributed by atoms with Gasteiger partial charge in [-0.05, 0) is 36.1 Å². The van der Waals surface area contributed by atoms with Crippen LogP contribution >= 0.6 is 0 Å². The lowest BCUT2D eigenvalue weighted by atomic mass is 9.97. The first-order chi connectivity index (χ1) is 16.7. The van der Waals surface area contributed by atoms with E-state index in [-0.39, 0.29) is 46.5 Å². The summed E-state index contributed by atoms with van der Waals surface area (Å²) in [5, 5.41) is 2.34. The van der Waals surface area contributed by atoms with Crippen LogP contribution in [0.3, 0.4) is 0 Å². The van der Waals surface area contributed by atoms with Gasteiger partial charge in [-0.15, -0.1) is 0 Å². The highest BCUT2D eigenvalue weighted by Gasteiger charge is 2.43. The molecule has 0 amide bonds. The van der Waals surface area contributed by atoms with E-state index in [9.17, 15) is 30.8 Å². The molecule has 0 bridgehead atoms. The normalized spacial score (nSPS) is 13.9. The summed E-state index contributed by atoms with van der Waals surface area (Å²) < 4.78 is 95.6. The van der Waals surface area contributed by atoms with Crippen molar-refractivity contribution in [3.63, 3.8) is 0 Å². The molecule has 0 aromatic heterocycles. The van der Waals surface area contributed by atoms with Crippen molar-refractivity contribution in [1.82, 2.24) is 5.32 Å². The number of hydrogen-bond acceptors (Lipinski definition) is 7. The van der Waals surface area contributed by atoms with Crippen LogP contribution in [0.15, 0.2) is 41.3 Å². The third kappa shape index (κ3) is 7.65. The van der Waals surface area contributed by atoms with Crippen LogP contribution in [0, 0.1) is 11.7 Å². The van der Waals surface area contributed by atoms with E-state index in [1.54, 1.807) is 13.8 Å². The number of rotatable bonds is 11. The van der Waals surface area contributed by atoms with Gasteiger partial charge in [0.15, 0.2) is 16.6 Å². The van der Waals surface area contributed by atoms with Crippen molar-refractivity contribution in [2.75, 3.05) is 27.3 Å². The number of benzene rings is 2. The van der Waals surface area contributed by atoms with Crippen molar-refractivity contribution in [3.8, 4) is 16.9 Å². The molecule has 0 spiro atoms. The average molecular weight is 536 g/mol. The zero-order valence-electron chi connectivity index (χ0n) is 20.5. The van der Waals surface area contributed by atoms with Crippen molar-refractivity contribution in [2.24, 2.45) is 5.92 Å². The van der Waals surface area contributed by atoms with Crippen LogP contribution < -0.4 is 10.1 Å². The van der Waals surface area contributed by atoms with Gasteiger partial charge in [-0.2, -0.15) is 13.2 Å². The standard InChI is InChI=1S/C24H29F4NO6S/c1-14(2)10-20(23(30)34-4)29-22(24(26,27)28)15-6-8-18(21(11-15)35-13-33-3)17-9-7-16(12-19(17)25)36(5,31)32/h6-9,11-12,14,20,22,29H,10,13H2,1-5H3/t20-,22?/m0/s1. The number of nitrogens with one attached hydrogen (secondary N) is 1. The van der Waals surface area contributed by atoms with Crippen LogP contribution in [-0.4, -0.2) is 53.9 Å². The Balaban J connectivity index is 2.59. The molecule has 0 aliphatic rings. The lowest BCUT2D eigenvalue weighted by molar-refractivity contribution is -0.164. The highest BCUT2D eigenvalue weighted by Crippen LogP contribution is 2.39. The molecule has 2 aromatic carbocycles. The third-order valence-corrected chi connectivity index (χ3v) is 6.33. The highest BCUT2D eigenvalue weighted by atomic mass is 32.2. The smallest absolute Gasteiger partial charge is 0.407 e. The number of methoxy groups -OCH3 is 2. The van der Waals surface area contributed by atoms with E-state index in [4.69, 9.17) is 9.47 Å². The minimum absolute atomic E-state index is 0.0798. The van der Waals surface area contributed by atoms with Gasteiger partial charge in [0.1, 0.15) is 23.7 Å².